The normalized spacial score (nSPS) is 15.8. The molecule has 2 unspecified atom stereocenters. The van der Waals surface area contributed by atoms with Gasteiger partial charge in [0.15, 0.2) is 5.78 Å². The van der Waals surface area contributed by atoms with Crippen LogP contribution in [0, 0.1) is 6.61 Å². The van der Waals surface area contributed by atoms with Crippen molar-refractivity contribution in [1.82, 2.24) is 0 Å². The van der Waals surface area contributed by atoms with Crippen LogP contribution in [0.3, 0.4) is 0 Å². The van der Waals surface area contributed by atoms with E-state index in [1.54, 1.807) is 27.7 Å². The van der Waals surface area contributed by atoms with Crippen LogP contribution in [0.5, 0.6) is 0 Å². The quantitative estimate of drug-likeness (QED) is 0.203. The second-order valence-electron chi connectivity index (χ2n) is 9.40. The molecule has 6 N–H and O–H groups in total. The van der Waals surface area contributed by atoms with Gasteiger partial charge < -0.3 is 34.6 Å². The van der Waals surface area contributed by atoms with Crippen LogP contribution in [-0.2, 0) is 62.7 Å². The predicted molar refractivity (Wildman–Crippen MR) is 165 cm³/mol. The van der Waals surface area contributed by atoms with Crippen LogP contribution in [0.25, 0.3) is 0 Å². The van der Waals surface area contributed by atoms with Crippen molar-refractivity contribution in [2.24, 2.45) is 9.54 Å². The fourth-order valence-corrected chi connectivity index (χ4v) is 1.72. The number of hydrogen-bond donors (Lipinski definition) is 5. The first-order valence-electron chi connectivity index (χ1n) is 13.2. The molecule has 2 atom stereocenters. The van der Waals surface area contributed by atoms with Crippen LogP contribution in [0.15, 0.2) is 4.40 Å². The van der Waals surface area contributed by atoms with Gasteiger partial charge in [0.05, 0.1) is 39.4 Å². The Morgan fingerprint density at radius 3 is 1.22 bits per heavy atom. The Kier molecular flexibility index (Phi) is 49.7. The average Bonchev–Trinajstić information content (AvgIpc) is 3.37. The molecule has 0 aromatic rings. The Balaban J connectivity index is -0.0000000903. The van der Waals surface area contributed by atoms with E-state index in [9.17, 15) is 13.2 Å². The van der Waals surface area contributed by atoms with Gasteiger partial charge in [0.1, 0.15) is 24.2 Å². The van der Waals surface area contributed by atoms with Crippen molar-refractivity contribution in [3.8, 4) is 0 Å². The van der Waals surface area contributed by atoms with Crippen molar-refractivity contribution in [1.29, 1.82) is 0 Å². The summed E-state index contributed by atoms with van der Waals surface area (Å²) in [6.45, 7) is 23.6. The van der Waals surface area contributed by atoms with Gasteiger partial charge in [-0.1, -0.05) is 6.42 Å². The van der Waals surface area contributed by atoms with Crippen LogP contribution in [0.1, 0.15) is 82.1 Å². The molecule has 41 heavy (non-hydrogen) atoms. The number of aliphatic hydroxyl groups excluding tert-OH is 4. The van der Waals surface area contributed by atoms with Gasteiger partial charge in [0.25, 0.3) is 0 Å². The van der Waals surface area contributed by atoms with E-state index >= 15 is 0 Å². The second kappa shape index (κ2) is 38.1. The first-order chi connectivity index (χ1) is 18.5. The number of hydrogen-bond acceptors (Lipinski definition) is 10. The Labute approximate surface area is 269 Å². The maximum atomic E-state index is 11.3. The molecule has 3 heterocycles. The van der Waals surface area contributed by atoms with Crippen LogP contribution in [-0.4, -0.2) is 109 Å². The van der Waals surface area contributed by atoms with E-state index in [1.165, 1.54) is 6.42 Å². The van der Waals surface area contributed by atoms with Crippen LogP contribution >= 0.6 is 0 Å². The smallest absolute Gasteiger partial charge is 0.184 e. The summed E-state index contributed by atoms with van der Waals surface area (Å²) in [7, 11) is -2.29. The zero-order valence-electron chi connectivity index (χ0n) is 26.9. The third-order valence-corrected chi connectivity index (χ3v) is 5.78. The summed E-state index contributed by atoms with van der Waals surface area (Å²) in [5.74, 6) is 0.213. The van der Waals surface area contributed by atoms with Crippen molar-refractivity contribution in [2.45, 2.75) is 91.6 Å². The van der Waals surface area contributed by atoms with Gasteiger partial charge in [-0.2, -0.15) is 10.8 Å². The summed E-state index contributed by atoms with van der Waals surface area (Å²) < 4.78 is 39.4. The molecule has 0 bridgehead atoms. The van der Waals surface area contributed by atoms with E-state index in [1.807, 2.05) is 48.1 Å². The predicted octanol–water partition coefficient (Wildman–Crippen LogP) is 1.86. The molecule has 250 valence electrons. The molecule has 3 fully saturated rings. The number of carbonyl (C=O) groups excluding carboxylic acids is 1. The van der Waals surface area contributed by atoms with Gasteiger partial charge in [-0.3, -0.25) is 9.93 Å². The Hall–Kier alpha value is 0.0343. The summed E-state index contributed by atoms with van der Waals surface area (Å²) in [5.41, 5.74) is 0.915. The van der Waals surface area contributed by atoms with Crippen LogP contribution in [0.4, 0.5) is 0 Å². The number of ketones is 1. The minimum atomic E-state index is -1.18. The molecule has 0 saturated carbocycles. The minimum absolute atomic E-state index is 0. The zero-order chi connectivity index (χ0) is 32.6. The maximum Gasteiger partial charge on any atom is 0.184 e. The molecular weight excluding hydrogens is 612 g/mol. The van der Waals surface area contributed by atoms with E-state index < -0.39 is 22.0 Å². The maximum absolute atomic E-state index is 11.3. The molecule has 0 aromatic carbocycles. The molecule has 0 radical (unpaired) electrons. The van der Waals surface area contributed by atoms with Gasteiger partial charge in [-0.25, -0.2) is 15.0 Å². The van der Waals surface area contributed by atoms with Gasteiger partial charge >= 0.3 is 0 Å². The topological polar surface area (TPSA) is 198 Å². The Morgan fingerprint density at radius 1 is 0.805 bits per heavy atom. The molecule has 3 aliphatic rings. The first kappa shape index (κ1) is 53.6. The van der Waals surface area contributed by atoms with Gasteiger partial charge in [-0.15, -0.1) is 0 Å². The van der Waals surface area contributed by atoms with E-state index in [4.69, 9.17) is 35.0 Å². The molecule has 3 rings (SSSR count). The standard InChI is InChI=1S/C7H13NO2S.C4H11NOS.C4H7O.C3H4O2.4C2H6O.Ti/c1-7(2,3)11(9)8-6-4-10-5-6;1-4(2,3)7(5)6;1-2-4-5-3-1;4-3-1-5-2-3;4*1-2-3;/h4-5H2,1-3H3;5H2,1-3H3;3H,1-2,4H2;1-2H2;4*3H,2H2,1H3;/q;;-1;;;;;;. The molecule has 15 heteroatoms. The number of Topliss-reactive ketones (excluding diaryl/α,β-unsaturated/α-hetero) is 1. The summed E-state index contributed by atoms with van der Waals surface area (Å²) in [6, 6.07) is 0. The van der Waals surface area contributed by atoms with Crippen molar-refractivity contribution >= 4 is 33.5 Å². The average molecular weight is 672 g/mol. The van der Waals surface area contributed by atoms with E-state index in [0.29, 0.717) is 26.4 Å². The third kappa shape index (κ3) is 53.1. The summed E-state index contributed by atoms with van der Waals surface area (Å²) >= 11 is 0. The van der Waals surface area contributed by atoms with Crippen molar-refractivity contribution < 1.29 is 69.6 Å². The number of nitrogens with two attached hydrogens (primary N) is 1. The van der Waals surface area contributed by atoms with Crippen molar-refractivity contribution in [3.63, 3.8) is 0 Å². The van der Waals surface area contributed by atoms with Crippen molar-refractivity contribution in [2.75, 3.05) is 59.5 Å². The fraction of sp³-hybridized carbons (Fsp3) is 0.885. The van der Waals surface area contributed by atoms with Gasteiger partial charge in [0.2, 0.25) is 0 Å². The third-order valence-electron chi connectivity index (χ3n) is 3.10. The number of nitrogens with zero attached hydrogens (tertiary/aromatic N) is 1. The Morgan fingerprint density at radius 2 is 1.12 bits per heavy atom. The molecule has 0 amide bonds. The Bertz CT molecular complexity index is 599. The monoisotopic (exact) mass is 671 g/mol. The summed E-state index contributed by atoms with van der Waals surface area (Å²) in [6.07, 6.45) is 2.38. The molecule has 3 aliphatic heterocycles. The SMILES string of the molecule is CC(C)(C)S(=O)N=C1COC1.CC(C)(C)S(N)=O.CCO.CCO.CCO.CCO.O=C1COC1.[CH-]1CCCO1.[Ti]. The molecule has 0 spiro atoms. The van der Waals surface area contributed by atoms with E-state index in [2.05, 4.69) is 9.13 Å². The molecule has 12 nitrogen and oxygen atoms in total. The van der Waals surface area contributed by atoms with Gasteiger partial charge in [-0.05, 0) is 69.2 Å². The largest absolute Gasteiger partial charge is 0.552 e. The van der Waals surface area contributed by atoms with Crippen molar-refractivity contribution in [3.05, 3.63) is 6.61 Å². The summed E-state index contributed by atoms with van der Waals surface area (Å²) in [4.78, 5) is 9.77. The van der Waals surface area contributed by atoms with E-state index in [0.717, 1.165) is 18.7 Å². The molecule has 0 aromatic heterocycles. The number of ether oxygens (including phenoxy) is 3. The molecular formula is C26H59N2O10S2Ti-. The fourth-order valence-electron chi connectivity index (χ4n) is 1.10. The van der Waals surface area contributed by atoms with Gasteiger partial charge in [0, 0.05) is 54.8 Å². The van der Waals surface area contributed by atoms with E-state index in [-0.39, 0.29) is 63.4 Å². The number of carbonyl (C=O) groups is 1. The second-order valence-corrected chi connectivity index (χ2v) is 13.1. The first-order valence-corrected chi connectivity index (χ1v) is 15.5. The minimum Gasteiger partial charge on any atom is -0.552 e. The molecule has 3 saturated heterocycles. The van der Waals surface area contributed by atoms with Crippen LogP contribution in [0.2, 0.25) is 0 Å². The zero-order valence-corrected chi connectivity index (χ0v) is 30.1. The van der Waals surface area contributed by atoms with Crippen LogP contribution < -0.4 is 5.14 Å². The molecule has 0 aliphatic carbocycles. The summed E-state index contributed by atoms with van der Waals surface area (Å²) in [5, 5.41) is 35.3. The number of aliphatic hydroxyl groups is 4. The number of rotatable bonds is 1.